The molecule has 144 valence electrons. The highest BCUT2D eigenvalue weighted by Crippen LogP contribution is 2.28. The van der Waals surface area contributed by atoms with Crippen molar-refractivity contribution in [3.63, 3.8) is 0 Å². The minimum Gasteiger partial charge on any atom is -0.495 e. The summed E-state index contributed by atoms with van der Waals surface area (Å²) >= 11 is 6.15. The van der Waals surface area contributed by atoms with E-state index in [-0.39, 0.29) is 11.6 Å². The zero-order valence-electron chi connectivity index (χ0n) is 15.9. The van der Waals surface area contributed by atoms with Gasteiger partial charge >= 0.3 is 0 Å². The van der Waals surface area contributed by atoms with Gasteiger partial charge in [-0.3, -0.25) is 4.79 Å². The second-order valence-electron chi connectivity index (χ2n) is 6.20. The number of nitrogens with zero attached hydrogens (tertiary/aromatic N) is 2. The molecule has 1 heterocycles. The first-order valence-electron chi connectivity index (χ1n) is 8.85. The molecule has 0 radical (unpaired) electrons. The molecule has 0 aliphatic heterocycles. The van der Waals surface area contributed by atoms with Crippen LogP contribution in [-0.4, -0.2) is 23.0 Å². The van der Waals surface area contributed by atoms with Crippen LogP contribution < -0.4 is 15.4 Å². The number of ether oxygens (including phenoxy) is 1. The Kier molecular flexibility index (Phi) is 6.11. The smallest absolute Gasteiger partial charge is 0.274 e. The lowest BCUT2D eigenvalue weighted by molar-refractivity contribution is 0.102. The maximum absolute atomic E-state index is 12.6. The van der Waals surface area contributed by atoms with Crippen LogP contribution in [0.4, 0.5) is 17.3 Å². The van der Waals surface area contributed by atoms with Gasteiger partial charge in [0, 0.05) is 17.1 Å². The van der Waals surface area contributed by atoms with E-state index in [9.17, 15) is 4.79 Å². The summed E-state index contributed by atoms with van der Waals surface area (Å²) in [6.07, 6.45) is 0.948. The summed E-state index contributed by atoms with van der Waals surface area (Å²) in [5.41, 5.74) is 3.56. The van der Waals surface area contributed by atoms with Gasteiger partial charge in [-0.1, -0.05) is 30.7 Å². The predicted octanol–water partition coefficient (Wildman–Crippen LogP) is 5.01. The molecule has 1 aromatic heterocycles. The zero-order valence-corrected chi connectivity index (χ0v) is 16.7. The molecule has 2 N–H and O–H groups in total. The molecule has 0 fully saturated rings. The molecular weight excluding hydrogens is 376 g/mol. The second kappa shape index (κ2) is 8.71. The lowest BCUT2D eigenvalue weighted by atomic mass is 10.1. The molecule has 0 saturated carbocycles. The van der Waals surface area contributed by atoms with Crippen molar-refractivity contribution >= 4 is 34.8 Å². The molecule has 0 aliphatic rings. The Morgan fingerprint density at radius 2 is 1.79 bits per heavy atom. The third kappa shape index (κ3) is 4.78. The van der Waals surface area contributed by atoms with Crippen LogP contribution in [-0.2, 0) is 6.42 Å². The number of benzene rings is 2. The van der Waals surface area contributed by atoms with Crippen LogP contribution in [0, 0.1) is 6.92 Å². The van der Waals surface area contributed by atoms with Crippen molar-refractivity contribution in [2.75, 3.05) is 17.7 Å². The molecule has 1 amide bonds. The number of aromatic nitrogens is 2. The first-order valence-corrected chi connectivity index (χ1v) is 9.23. The van der Waals surface area contributed by atoms with Crippen molar-refractivity contribution < 1.29 is 9.53 Å². The van der Waals surface area contributed by atoms with E-state index in [0.717, 1.165) is 12.1 Å². The molecule has 0 unspecified atom stereocenters. The lowest BCUT2D eigenvalue weighted by Crippen LogP contribution is -2.15. The summed E-state index contributed by atoms with van der Waals surface area (Å²) in [6.45, 7) is 3.89. The van der Waals surface area contributed by atoms with Gasteiger partial charge in [0.25, 0.3) is 5.91 Å². The van der Waals surface area contributed by atoms with E-state index in [0.29, 0.717) is 28.1 Å². The van der Waals surface area contributed by atoms with Crippen molar-refractivity contribution in [2.24, 2.45) is 0 Å². The summed E-state index contributed by atoms with van der Waals surface area (Å²) in [6, 6.07) is 14.6. The van der Waals surface area contributed by atoms with Crippen LogP contribution in [0.25, 0.3) is 0 Å². The fourth-order valence-electron chi connectivity index (χ4n) is 2.63. The highest BCUT2D eigenvalue weighted by Gasteiger charge is 2.12. The number of methoxy groups -OCH3 is 1. The summed E-state index contributed by atoms with van der Waals surface area (Å²) in [4.78, 5) is 21.3. The Morgan fingerprint density at radius 3 is 2.43 bits per heavy atom. The van der Waals surface area contributed by atoms with Gasteiger partial charge in [-0.05, 0) is 55.3 Å². The quantitative estimate of drug-likeness (QED) is 0.612. The van der Waals surface area contributed by atoms with Gasteiger partial charge in [-0.25, -0.2) is 9.97 Å². The van der Waals surface area contributed by atoms with Gasteiger partial charge in [-0.2, -0.15) is 0 Å². The average Bonchev–Trinajstić information content (AvgIpc) is 2.68. The van der Waals surface area contributed by atoms with E-state index < -0.39 is 0 Å². The highest BCUT2D eigenvalue weighted by atomic mass is 35.5. The number of hydrogen-bond acceptors (Lipinski definition) is 5. The van der Waals surface area contributed by atoms with E-state index in [4.69, 9.17) is 16.3 Å². The molecule has 3 rings (SSSR count). The SMILES string of the molecule is CCc1ccc(NC(=O)c2cc(C)nc(Nc3ccc(OC)c(Cl)c3)n2)cc1. The Labute approximate surface area is 168 Å². The molecule has 0 aliphatic carbocycles. The van der Waals surface area contributed by atoms with Crippen molar-refractivity contribution in [1.82, 2.24) is 9.97 Å². The van der Waals surface area contributed by atoms with Gasteiger partial charge in [-0.15, -0.1) is 0 Å². The van der Waals surface area contributed by atoms with E-state index in [2.05, 4.69) is 27.5 Å². The van der Waals surface area contributed by atoms with Gasteiger partial charge in [0.15, 0.2) is 0 Å². The van der Waals surface area contributed by atoms with Crippen LogP contribution in [0.15, 0.2) is 48.5 Å². The molecule has 6 nitrogen and oxygen atoms in total. The molecule has 0 spiro atoms. The molecule has 7 heteroatoms. The fraction of sp³-hybridized carbons (Fsp3) is 0.190. The number of aryl methyl sites for hydroxylation is 2. The Morgan fingerprint density at radius 1 is 1.07 bits per heavy atom. The van der Waals surface area contributed by atoms with Gasteiger partial charge in [0.1, 0.15) is 11.4 Å². The number of nitrogens with one attached hydrogen (secondary N) is 2. The monoisotopic (exact) mass is 396 g/mol. The number of carbonyl (C=O) groups excluding carboxylic acids is 1. The minimum atomic E-state index is -0.300. The number of hydrogen-bond donors (Lipinski definition) is 2. The van der Waals surface area contributed by atoms with Crippen molar-refractivity contribution in [3.05, 3.63) is 70.5 Å². The summed E-state index contributed by atoms with van der Waals surface area (Å²) < 4.78 is 5.15. The van der Waals surface area contributed by atoms with Crippen LogP contribution in [0.5, 0.6) is 5.75 Å². The van der Waals surface area contributed by atoms with Crippen LogP contribution in [0.1, 0.15) is 28.7 Å². The normalized spacial score (nSPS) is 10.4. The van der Waals surface area contributed by atoms with Crippen molar-refractivity contribution in [3.8, 4) is 5.75 Å². The van der Waals surface area contributed by atoms with Crippen LogP contribution in [0.3, 0.4) is 0 Å². The number of rotatable bonds is 6. The fourth-order valence-corrected chi connectivity index (χ4v) is 2.89. The molecule has 2 aromatic carbocycles. The number of anilines is 3. The van der Waals surface area contributed by atoms with E-state index in [1.807, 2.05) is 24.3 Å². The van der Waals surface area contributed by atoms with Gasteiger partial charge in [0.2, 0.25) is 5.95 Å². The van der Waals surface area contributed by atoms with E-state index in [1.54, 1.807) is 38.3 Å². The van der Waals surface area contributed by atoms with Gasteiger partial charge in [0.05, 0.1) is 12.1 Å². The Bertz CT molecular complexity index is 990. The molecule has 0 atom stereocenters. The topological polar surface area (TPSA) is 76.1 Å². The van der Waals surface area contributed by atoms with E-state index >= 15 is 0 Å². The molecule has 0 saturated heterocycles. The number of amides is 1. The first-order chi connectivity index (χ1) is 13.5. The largest absolute Gasteiger partial charge is 0.495 e. The van der Waals surface area contributed by atoms with Gasteiger partial charge < -0.3 is 15.4 Å². The Hall–Kier alpha value is -3.12. The summed E-state index contributed by atoms with van der Waals surface area (Å²) in [5.74, 6) is 0.588. The Balaban J connectivity index is 1.78. The molecule has 28 heavy (non-hydrogen) atoms. The maximum Gasteiger partial charge on any atom is 0.274 e. The summed E-state index contributed by atoms with van der Waals surface area (Å²) in [5, 5.41) is 6.39. The minimum absolute atomic E-state index is 0.272. The highest BCUT2D eigenvalue weighted by molar-refractivity contribution is 6.32. The molecule has 3 aromatic rings. The second-order valence-corrected chi connectivity index (χ2v) is 6.60. The first kappa shape index (κ1) is 19.6. The number of carbonyl (C=O) groups is 1. The maximum atomic E-state index is 12.6. The van der Waals surface area contributed by atoms with Crippen molar-refractivity contribution in [2.45, 2.75) is 20.3 Å². The summed E-state index contributed by atoms with van der Waals surface area (Å²) in [7, 11) is 1.55. The predicted molar refractivity (Wildman–Crippen MR) is 112 cm³/mol. The average molecular weight is 397 g/mol. The van der Waals surface area contributed by atoms with Crippen LogP contribution in [0.2, 0.25) is 5.02 Å². The van der Waals surface area contributed by atoms with Crippen LogP contribution >= 0.6 is 11.6 Å². The standard InChI is InChI=1S/C21H21ClN4O2/c1-4-14-5-7-15(8-6-14)24-20(27)18-11-13(2)23-21(26-18)25-16-9-10-19(28-3)17(22)12-16/h5-12H,4H2,1-3H3,(H,24,27)(H,23,25,26). The zero-order chi connectivity index (χ0) is 20.1. The third-order valence-corrected chi connectivity index (χ3v) is 4.41. The van der Waals surface area contributed by atoms with E-state index in [1.165, 1.54) is 5.56 Å². The van der Waals surface area contributed by atoms with Crippen molar-refractivity contribution in [1.29, 1.82) is 0 Å². The molecular formula is C21H21ClN4O2. The lowest BCUT2D eigenvalue weighted by Gasteiger charge is -2.10. The number of halogens is 1. The third-order valence-electron chi connectivity index (χ3n) is 4.11. The molecule has 0 bridgehead atoms.